The molecule has 1 heterocycles. The lowest BCUT2D eigenvalue weighted by molar-refractivity contribution is 0.0692. The fourth-order valence-electron chi connectivity index (χ4n) is 2.84. The number of H-pyrrole nitrogens is 1. The monoisotopic (exact) mass is 332 g/mol. The molecule has 0 unspecified atom stereocenters. The highest BCUT2D eigenvalue weighted by atomic mass is 19.1. The van der Waals surface area contributed by atoms with Gasteiger partial charge in [-0.3, -0.25) is 5.10 Å². The Hall–Kier alpha value is -3.47. The number of rotatable bonds is 3. The minimum absolute atomic E-state index is 0.366. The Balaban J connectivity index is 1.75. The summed E-state index contributed by atoms with van der Waals surface area (Å²) in [4.78, 5) is 11.1. The lowest BCUT2D eigenvalue weighted by Gasteiger charge is -1.99. The van der Waals surface area contributed by atoms with Gasteiger partial charge in [0, 0.05) is 11.5 Å². The highest BCUT2D eigenvalue weighted by Gasteiger charge is 2.14. The van der Waals surface area contributed by atoms with E-state index in [0.29, 0.717) is 16.6 Å². The van der Waals surface area contributed by atoms with E-state index in [9.17, 15) is 9.18 Å². The lowest BCUT2D eigenvalue weighted by Crippen LogP contribution is -1.99. The van der Waals surface area contributed by atoms with Crippen molar-refractivity contribution in [1.29, 1.82) is 0 Å². The second kappa shape index (κ2) is 5.87. The van der Waals surface area contributed by atoms with Crippen molar-refractivity contribution in [2.75, 3.05) is 0 Å². The quantitative estimate of drug-likeness (QED) is 0.570. The molecule has 0 bridgehead atoms. The Morgan fingerprint density at radius 3 is 2.64 bits per heavy atom. The number of carboxylic acid groups (broad SMARTS) is 1. The van der Waals surface area contributed by atoms with Gasteiger partial charge in [-0.05, 0) is 34.5 Å². The zero-order valence-corrected chi connectivity index (χ0v) is 13.0. The molecular weight excluding hydrogens is 319 g/mol. The highest BCUT2D eigenvalue weighted by Crippen LogP contribution is 2.23. The first-order valence-electron chi connectivity index (χ1n) is 7.69. The third kappa shape index (κ3) is 2.76. The van der Waals surface area contributed by atoms with E-state index in [1.165, 1.54) is 6.07 Å². The maximum Gasteiger partial charge on any atom is 0.338 e. The van der Waals surface area contributed by atoms with Crippen LogP contribution in [0.4, 0.5) is 4.39 Å². The van der Waals surface area contributed by atoms with Gasteiger partial charge in [0.25, 0.3) is 0 Å². The predicted molar refractivity (Wildman–Crippen MR) is 95.9 cm³/mol. The molecule has 1 aromatic heterocycles. The van der Waals surface area contributed by atoms with E-state index < -0.39 is 11.8 Å². The molecule has 0 saturated heterocycles. The average molecular weight is 332 g/mol. The summed E-state index contributed by atoms with van der Waals surface area (Å²) < 4.78 is 13.7. The topological polar surface area (TPSA) is 66.0 Å². The molecule has 0 aliphatic carbocycles. The van der Waals surface area contributed by atoms with Gasteiger partial charge in [0.15, 0.2) is 0 Å². The molecule has 5 heteroatoms. The molecule has 4 aromatic rings. The van der Waals surface area contributed by atoms with Crippen LogP contribution in [0.3, 0.4) is 0 Å². The van der Waals surface area contributed by atoms with Gasteiger partial charge in [-0.15, -0.1) is 0 Å². The Morgan fingerprint density at radius 2 is 1.84 bits per heavy atom. The van der Waals surface area contributed by atoms with Crippen LogP contribution in [0.25, 0.3) is 33.8 Å². The number of fused-ring (bicyclic) bond motifs is 2. The molecule has 4 rings (SSSR count). The fourth-order valence-corrected chi connectivity index (χ4v) is 2.84. The molecule has 0 amide bonds. The second-order valence-corrected chi connectivity index (χ2v) is 5.73. The van der Waals surface area contributed by atoms with Gasteiger partial charge in [-0.2, -0.15) is 5.10 Å². The molecule has 122 valence electrons. The molecule has 4 nitrogen and oxygen atoms in total. The van der Waals surface area contributed by atoms with Gasteiger partial charge in [-0.1, -0.05) is 42.5 Å². The Kier molecular flexibility index (Phi) is 3.54. The van der Waals surface area contributed by atoms with Crippen LogP contribution in [-0.2, 0) is 0 Å². The van der Waals surface area contributed by atoms with Crippen LogP contribution in [0, 0.1) is 5.82 Å². The fraction of sp³-hybridized carbons (Fsp3) is 0. The third-order valence-corrected chi connectivity index (χ3v) is 4.12. The van der Waals surface area contributed by atoms with Crippen molar-refractivity contribution >= 4 is 39.8 Å². The van der Waals surface area contributed by atoms with Crippen molar-refractivity contribution in [3.63, 3.8) is 0 Å². The van der Waals surface area contributed by atoms with E-state index in [1.807, 2.05) is 42.5 Å². The van der Waals surface area contributed by atoms with Gasteiger partial charge in [0.05, 0.1) is 16.8 Å². The van der Waals surface area contributed by atoms with E-state index >= 15 is 0 Å². The highest BCUT2D eigenvalue weighted by molar-refractivity contribution is 5.97. The van der Waals surface area contributed by atoms with Crippen molar-refractivity contribution in [3.05, 3.63) is 77.2 Å². The summed E-state index contributed by atoms with van der Waals surface area (Å²) in [6.45, 7) is 0. The first kappa shape index (κ1) is 15.1. The van der Waals surface area contributed by atoms with Crippen LogP contribution in [0.1, 0.15) is 21.6 Å². The van der Waals surface area contributed by atoms with Gasteiger partial charge < -0.3 is 5.11 Å². The molecule has 0 atom stereocenters. The summed E-state index contributed by atoms with van der Waals surface area (Å²) in [6, 6.07) is 16.6. The van der Waals surface area contributed by atoms with Gasteiger partial charge >= 0.3 is 5.97 Å². The molecule has 0 aliphatic heterocycles. The molecule has 0 saturated carbocycles. The Morgan fingerprint density at radius 1 is 1.04 bits per heavy atom. The maximum absolute atomic E-state index is 13.7. The van der Waals surface area contributed by atoms with Crippen LogP contribution in [-0.4, -0.2) is 21.3 Å². The molecule has 25 heavy (non-hydrogen) atoms. The molecule has 0 radical (unpaired) electrons. The summed E-state index contributed by atoms with van der Waals surface area (Å²) in [5, 5.41) is 18.8. The predicted octanol–water partition coefficient (Wildman–Crippen LogP) is 4.72. The maximum atomic E-state index is 13.7. The Bertz CT molecular complexity index is 1150. The molecule has 0 fully saturated rings. The van der Waals surface area contributed by atoms with Gasteiger partial charge in [-0.25, -0.2) is 9.18 Å². The van der Waals surface area contributed by atoms with E-state index in [2.05, 4.69) is 16.3 Å². The number of carboxylic acids is 1. The van der Waals surface area contributed by atoms with Crippen molar-refractivity contribution in [3.8, 4) is 0 Å². The first-order chi connectivity index (χ1) is 12.1. The summed E-state index contributed by atoms with van der Waals surface area (Å²) in [7, 11) is 0. The summed E-state index contributed by atoms with van der Waals surface area (Å²) in [6.07, 6.45) is 3.68. The Labute approximate surface area is 142 Å². The zero-order valence-electron chi connectivity index (χ0n) is 13.0. The summed E-state index contributed by atoms with van der Waals surface area (Å²) in [5.41, 5.74) is 1.65. The van der Waals surface area contributed by atoms with E-state index in [-0.39, 0.29) is 5.56 Å². The van der Waals surface area contributed by atoms with Crippen molar-refractivity contribution in [2.45, 2.75) is 0 Å². The standard InChI is InChI=1S/C20H13FN2O2/c21-17-11-19-16(10-15(17)20(24)25)18(22-23-19)8-6-12-5-7-13-3-1-2-4-14(13)9-12/h1-11H,(H,22,23)(H,24,25)/b8-6+. The minimum atomic E-state index is -1.30. The number of nitrogens with zero attached hydrogens (tertiary/aromatic N) is 1. The van der Waals surface area contributed by atoms with Gasteiger partial charge in [0.2, 0.25) is 0 Å². The number of nitrogens with one attached hydrogen (secondary N) is 1. The number of carbonyl (C=O) groups is 1. The lowest BCUT2D eigenvalue weighted by atomic mass is 10.1. The SMILES string of the molecule is O=C(O)c1cc2c(/C=C/c3ccc4ccccc4c3)n[nH]c2cc1F. The van der Waals surface area contributed by atoms with E-state index in [4.69, 9.17) is 5.11 Å². The normalized spacial score (nSPS) is 11.6. The summed E-state index contributed by atoms with van der Waals surface area (Å²) in [5.74, 6) is -2.08. The minimum Gasteiger partial charge on any atom is -0.478 e. The van der Waals surface area contributed by atoms with Crippen LogP contribution in [0.2, 0.25) is 0 Å². The van der Waals surface area contributed by atoms with Crippen LogP contribution in [0.5, 0.6) is 0 Å². The number of hydrogen-bond donors (Lipinski definition) is 2. The van der Waals surface area contributed by atoms with Crippen LogP contribution < -0.4 is 0 Å². The second-order valence-electron chi connectivity index (χ2n) is 5.73. The summed E-state index contributed by atoms with van der Waals surface area (Å²) >= 11 is 0. The smallest absolute Gasteiger partial charge is 0.338 e. The third-order valence-electron chi connectivity index (χ3n) is 4.12. The molecule has 0 spiro atoms. The number of benzene rings is 3. The number of aromatic carboxylic acids is 1. The number of halogens is 1. The zero-order chi connectivity index (χ0) is 17.4. The van der Waals surface area contributed by atoms with Crippen molar-refractivity contribution < 1.29 is 14.3 Å². The molecular formula is C20H13FN2O2. The van der Waals surface area contributed by atoms with Crippen LogP contribution in [0.15, 0.2) is 54.6 Å². The molecule has 2 N–H and O–H groups in total. The van der Waals surface area contributed by atoms with Crippen molar-refractivity contribution in [1.82, 2.24) is 10.2 Å². The van der Waals surface area contributed by atoms with Crippen molar-refractivity contribution in [2.24, 2.45) is 0 Å². The molecule has 0 aliphatic rings. The largest absolute Gasteiger partial charge is 0.478 e. The van der Waals surface area contributed by atoms with Crippen LogP contribution >= 0.6 is 0 Å². The van der Waals surface area contributed by atoms with Gasteiger partial charge in [0.1, 0.15) is 5.82 Å². The number of aromatic amines is 1. The van der Waals surface area contributed by atoms with E-state index in [0.717, 1.165) is 22.4 Å². The number of aromatic nitrogens is 2. The van der Waals surface area contributed by atoms with E-state index in [1.54, 1.807) is 6.08 Å². The average Bonchev–Trinajstić information content (AvgIpc) is 3.00. The molecule has 3 aromatic carbocycles. The first-order valence-corrected chi connectivity index (χ1v) is 7.69. The number of hydrogen-bond acceptors (Lipinski definition) is 2.